The van der Waals surface area contributed by atoms with Gasteiger partial charge in [-0.25, -0.2) is 9.97 Å². The van der Waals surface area contributed by atoms with E-state index in [1.54, 1.807) is 0 Å². The molecule has 0 bridgehead atoms. The molecule has 30 heavy (non-hydrogen) atoms. The van der Waals surface area contributed by atoms with Gasteiger partial charge in [0.25, 0.3) is 0 Å². The van der Waals surface area contributed by atoms with Gasteiger partial charge in [-0.1, -0.05) is 0 Å². The van der Waals surface area contributed by atoms with Crippen LogP contribution >= 0.6 is 0 Å². The predicted molar refractivity (Wildman–Crippen MR) is 116 cm³/mol. The van der Waals surface area contributed by atoms with Crippen LogP contribution in [0.15, 0.2) is 30.7 Å². The summed E-state index contributed by atoms with van der Waals surface area (Å²) in [5.41, 5.74) is 3.33. The third kappa shape index (κ3) is 4.78. The monoisotopic (exact) mass is 409 g/mol. The minimum absolute atomic E-state index is 0.0565. The van der Waals surface area contributed by atoms with Crippen molar-refractivity contribution in [2.24, 2.45) is 5.92 Å². The molecule has 0 unspecified atom stereocenters. The van der Waals surface area contributed by atoms with Crippen molar-refractivity contribution in [2.75, 3.05) is 32.1 Å². The molecule has 2 fully saturated rings. The molecule has 4 rings (SSSR count). The van der Waals surface area contributed by atoms with E-state index in [0.29, 0.717) is 18.4 Å². The van der Waals surface area contributed by atoms with Gasteiger partial charge < -0.3 is 15.0 Å². The van der Waals surface area contributed by atoms with Crippen LogP contribution < -0.4 is 10.2 Å². The standard InChI is InChI=1S/C23H31N5O2/c1-28(2)23-26-15-19(17-9-11-24-12-10-17)21(27-23)18-7-5-16(6-8-18)14-25-22(29)20-4-3-13-30-20/h9-12,15-16,18,20H,3-8,13-14H2,1-2H3,(H,25,29)/t16?,18?,20-/m1/s1. The number of amides is 1. The van der Waals surface area contributed by atoms with Crippen LogP contribution in [0, 0.1) is 5.92 Å². The molecule has 7 heteroatoms. The Hall–Kier alpha value is -2.54. The highest BCUT2D eigenvalue weighted by molar-refractivity contribution is 5.80. The largest absolute Gasteiger partial charge is 0.368 e. The minimum Gasteiger partial charge on any atom is -0.368 e. The van der Waals surface area contributed by atoms with E-state index in [-0.39, 0.29) is 12.0 Å². The summed E-state index contributed by atoms with van der Waals surface area (Å²) in [5.74, 6) is 1.72. The van der Waals surface area contributed by atoms with Crippen molar-refractivity contribution in [1.29, 1.82) is 0 Å². The van der Waals surface area contributed by atoms with Gasteiger partial charge in [-0.05, 0) is 62.1 Å². The average molecular weight is 410 g/mol. The zero-order valence-corrected chi connectivity index (χ0v) is 17.9. The van der Waals surface area contributed by atoms with Crippen LogP contribution in [0.4, 0.5) is 5.95 Å². The topological polar surface area (TPSA) is 80.2 Å². The lowest BCUT2D eigenvalue weighted by Gasteiger charge is -2.30. The quantitative estimate of drug-likeness (QED) is 0.789. The number of carbonyl (C=O) groups excluding carboxylic acids is 1. The van der Waals surface area contributed by atoms with E-state index in [0.717, 1.165) is 67.8 Å². The molecular weight excluding hydrogens is 378 g/mol. The first-order valence-corrected chi connectivity index (χ1v) is 11.0. The van der Waals surface area contributed by atoms with E-state index >= 15 is 0 Å². The number of hydrogen-bond donors (Lipinski definition) is 1. The molecule has 3 heterocycles. The van der Waals surface area contributed by atoms with Crippen molar-refractivity contribution < 1.29 is 9.53 Å². The third-order valence-corrected chi connectivity index (χ3v) is 6.22. The van der Waals surface area contributed by atoms with Crippen molar-refractivity contribution in [3.05, 3.63) is 36.4 Å². The zero-order valence-electron chi connectivity index (χ0n) is 17.9. The molecular formula is C23H31N5O2. The maximum absolute atomic E-state index is 12.2. The number of nitrogens with one attached hydrogen (secondary N) is 1. The van der Waals surface area contributed by atoms with Gasteiger partial charge in [0, 0.05) is 57.3 Å². The van der Waals surface area contributed by atoms with E-state index < -0.39 is 0 Å². The van der Waals surface area contributed by atoms with Crippen LogP contribution in [-0.2, 0) is 9.53 Å². The fraction of sp³-hybridized carbons (Fsp3) is 0.565. The lowest BCUT2D eigenvalue weighted by molar-refractivity contribution is -0.130. The summed E-state index contributed by atoms with van der Waals surface area (Å²) in [4.78, 5) is 27.8. The van der Waals surface area contributed by atoms with Crippen LogP contribution in [0.2, 0.25) is 0 Å². The molecule has 0 spiro atoms. The summed E-state index contributed by atoms with van der Waals surface area (Å²) in [6.07, 6.45) is 11.5. The lowest BCUT2D eigenvalue weighted by Crippen LogP contribution is -2.37. The smallest absolute Gasteiger partial charge is 0.249 e. The summed E-state index contributed by atoms with van der Waals surface area (Å²) in [5, 5.41) is 3.11. The van der Waals surface area contributed by atoms with Gasteiger partial charge in [0.1, 0.15) is 6.10 Å². The second-order valence-electron chi connectivity index (χ2n) is 8.56. The Labute approximate surface area is 178 Å². The number of rotatable bonds is 6. The average Bonchev–Trinajstić information content (AvgIpc) is 3.33. The van der Waals surface area contributed by atoms with Gasteiger partial charge in [-0.3, -0.25) is 9.78 Å². The Morgan fingerprint density at radius 3 is 2.60 bits per heavy atom. The summed E-state index contributed by atoms with van der Waals surface area (Å²) in [6, 6.07) is 4.04. The Morgan fingerprint density at radius 1 is 1.17 bits per heavy atom. The van der Waals surface area contributed by atoms with Crippen LogP contribution in [0.5, 0.6) is 0 Å². The van der Waals surface area contributed by atoms with Crippen molar-refractivity contribution >= 4 is 11.9 Å². The number of ether oxygens (including phenoxy) is 1. The molecule has 0 radical (unpaired) electrons. The van der Waals surface area contributed by atoms with Gasteiger partial charge in [0.15, 0.2) is 0 Å². The molecule has 2 aromatic heterocycles. The molecule has 2 aromatic rings. The van der Waals surface area contributed by atoms with Crippen molar-refractivity contribution in [3.63, 3.8) is 0 Å². The maximum Gasteiger partial charge on any atom is 0.249 e. The van der Waals surface area contributed by atoms with E-state index in [2.05, 4.69) is 15.3 Å². The van der Waals surface area contributed by atoms with Crippen molar-refractivity contribution in [3.8, 4) is 11.1 Å². The molecule has 0 aromatic carbocycles. The number of nitrogens with zero attached hydrogens (tertiary/aromatic N) is 4. The normalized spacial score (nSPS) is 23.9. The minimum atomic E-state index is -0.241. The number of anilines is 1. The zero-order chi connectivity index (χ0) is 20.9. The summed E-state index contributed by atoms with van der Waals surface area (Å²) < 4.78 is 5.48. The van der Waals surface area contributed by atoms with Crippen molar-refractivity contribution in [1.82, 2.24) is 20.3 Å². The van der Waals surface area contributed by atoms with E-state index in [1.807, 2.05) is 49.7 Å². The molecule has 160 valence electrons. The van der Waals surface area contributed by atoms with Gasteiger partial charge in [0.05, 0.1) is 5.69 Å². The summed E-state index contributed by atoms with van der Waals surface area (Å²) in [6.45, 7) is 1.45. The Bertz CT molecular complexity index is 844. The molecule has 1 atom stereocenters. The number of pyridine rings is 1. The number of hydrogen-bond acceptors (Lipinski definition) is 6. The second kappa shape index (κ2) is 9.51. The van der Waals surface area contributed by atoms with Crippen LogP contribution in [0.25, 0.3) is 11.1 Å². The predicted octanol–water partition coefficient (Wildman–Crippen LogP) is 3.17. The van der Waals surface area contributed by atoms with Gasteiger partial charge >= 0.3 is 0 Å². The van der Waals surface area contributed by atoms with E-state index in [4.69, 9.17) is 9.72 Å². The Morgan fingerprint density at radius 2 is 1.93 bits per heavy atom. The third-order valence-electron chi connectivity index (χ3n) is 6.22. The highest BCUT2D eigenvalue weighted by Gasteiger charge is 2.28. The molecule has 1 N–H and O–H groups in total. The van der Waals surface area contributed by atoms with E-state index in [9.17, 15) is 4.79 Å². The van der Waals surface area contributed by atoms with Crippen LogP contribution in [0.1, 0.15) is 50.1 Å². The van der Waals surface area contributed by atoms with E-state index in [1.165, 1.54) is 0 Å². The van der Waals surface area contributed by atoms with Crippen LogP contribution in [0.3, 0.4) is 0 Å². The maximum atomic E-state index is 12.2. The number of aromatic nitrogens is 3. The summed E-state index contributed by atoms with van der Waals surface area (Å²) in [7, 11) is 3.94. The van der Waals surface area contributed by atoms with Gasteiger partial charge in [-0.2, -0.15) is 0 Å². The molecule has 1 aliphatic carbocycles. The Balaban J connectivity index is 1.42. The first-order valence-electron chi connectivity index (χ1n) is 11.0. The fourth-order valence-electron chi connectivity index (χ4n) is 4.45. The summed E-state index contributed by atoms with van der Waals surface area (Å²) >= 11 is 0. The SMILES string of the molecule is CN(C)c1ncc(-c2ccncc2)c(C2CCC(CNC(=O)[C@H]3CCCO3)CC2)n1. The molecule has 2 aliphatic rings. The second-order valence-corrected chi connectivity index (χ2v) is 8.56. The van der Waals surface area contributed by atoms with Gasteiger partial charge in [-0.15, -0.1) is 0 Å². The molecule has 7 nitrogen and oxygen atoms in total. The fourth-order valence-corrected chi connectivity index (χ4v) is 4.45. The van der Waals surface area contributed by atoms with Gasteiger partial charge in [0.2, 0.25) is 11.9 Å². The Kier molecular flexibility index (Phi) is 6.57. The molecule has 1 aliphatic heterocycles. The first-order chi connectivity index (χ1) is 14.6. The lowest BCUT2D eigenvalue weighted by atomic mass is 9.79. The molecule has 1 amide bonds. The number of carbonyl (C=O) groups is 1. The van der Waals surface area contributed by atoms with Crippen molar-refractivity contribution in [2.45, 2.75) is 50.5 Å². The van der Waals surface area contributed by atoms with Crippen LogP contribution in [-0.4, -0.2) is 54.2 Å². The first kappa shape index (κ1) is 20.7. The molecule has 1 saturated heterocycles. The molecule has 1 saturated carbocycles. The highest BCUT2D eigenvalue weighted by atomic mass is 16.5. The highest BCUT2D eigenvalue weighted by Crippen LogP contribution is 2.39.